The molecular weight excluding hydrogens is 310 g/mol. The van der Waals surface area contributed by atoms with Crippen LogP contribution in [0.4, 0.5) is 4.79 Å². The van der Waals surface area contributed by atoms with Gasteiger partial charge in [0, 0.05) is 29.4 Å². The van der Waals surface area contributed by atoms with E-state index in [1.54, 1.807) is 11.3 Å². The number of ether oxygens (including phenoxy) is 1. The van der Waals surface area contributed by atoms with Crippen molar-refractivity contribution in [2.24, 2.45) is 0 Å². The van der Waals surface area contributed by atoms with Gasteiger partial charge in [0.05, 0.1) is 10.7 Å². The Morgan fingerprint density at radius 2 is 1.83 bits per heavy atom. The zero-order chi connectivity index (χ0) is 17.8. The maximum atomic E-state index is 11.6. The summed E-state index contributed by atoms with van der Waals surface area (Å²) in [5.41, 5.74) is 0.694. The Kier molecular flexibility index (Phi) is 6.59. The lowest BCUT2D eigenvalue weighted by Crippen LogP contribution is -2.36. The lowest BCUT2D eigenvalue weighted by molar-refractivity contribution is 0.0528. The van der Waals surface area contributed by atoms with Gasteiger partial charge < -0.3 is 15.4 Å². The van der Waals surface area contributed by atoms with Crippen LogP contribution in [0.5, 0.6) is 0 Å². The van der Waals surface area contributed by atoms with E-state index in [-0.39, 0.29) is 17.6 Å². The SMILES string of the molecule is Cc1nc(C(C)(C)C)sc1C(C)NCCNC(=O)OC(C)(C)C. The highest BCUT2D eigenvalue weighted by atomic mass is 32.1. The molecule has 1 aromatic rings. The molecule has 1 heterocycles. The molecule has 0 aromatic carbocycles. The van der Waals surface area contributed by atoms with Gasteiger partial charge in [-0.05, 0) is 34.6 Å². The number of alkyl carbamates (subject to hydrolysis) is 1. The van der Waals surface area contributed by atoms with Gasteiger partial charge in [-0.1, -0.05) is 20.8 Å². The Bertz CT molecular complexity index is 527. The second kappa shape index (κ2) is 7.62. The number of rotatable bonds is 5. The van der Waals surface area contributed by atoms with E-state index in [9.17, 15) is 4.79 Å². The highest BCUT2D eigenvalue weighted by Gasteiger charge is 2.22. The number of thiazole rings is 1. The minimum absolute atomic E-state index is 0.0751. The van der Waals surface area contributed by atoms with Gasteiger partial charge in [-0.25, -0.2) is 9.78 Å². The average molecular weight is 342 g/mol. The van der Waals surface area contributed by atoms with Crippen LogP contribution in [0, 0.1) is 6.92 Å². The molecule has 1 atom stereocenters. The van der Waals surface area contributed by atoms with Crippen molar-refractivity contribution in [2.75, 3.05) is 13.1 Å². The van der Waals surface area contributed by atoms with E-state index in [0.717, 1.165) is 10.7 Å². The van der Waals surface area contributed by atoms with Crippen molar-refractivity contribution in [1.82, 2.24) is 15.6 Å². The van der Waals surface area contributed by atoms with E-state index in [0.29, 0.717) is 13.1 Å². The van der Waals surface area contributed by atoms with E-state index >= 15 is 0 Å². The first-order valence-electron chi connectivity index (χ1n) is 8.08. The maximum Gasteiger partial charge on any atom is 0.407 e. The first-order chi connectivity index (χ1) is 10.4. The number of hydrogen-bond acceptors (Lipinski definition) is 5. The molecule has 6 heteroatoms. The lowest BCUT2D eigenvalue weighted by Gasteiger charge is -2.20. The largest absolute Gasteiger partial charge is 0.444 e. The fraction of sp³-hybridized carbons (Fsp3) is 0.765. The molecule has 0 saturated carbocycles. The fourth-order valence-corrected chi connectivity index (χ4v) is 3.14. The molecule has 0 fully saturated rings. The Labute approximate surface area is 144 Å². The first kappa shape index (κ1) is 19.9. The van der Waals surface area contributed by atoms with Gasteiger partial charge in [0.1, 0.15) is 5.60 Å². The molecule has 1 amide bonds. The number of hydrogen-bond donors (Lipinski definition) is 2. The summed E-state index contributed by atoms with van der Waals surface area (Å²) < 4.78 is 5.20. The molecule has 0 aliphatic heterocycles. The third-order valence-electron chi connectivity index (χ3n) is 3.11. The Morgan fingerprint density at radius 3 is 2.30 bits per heavy atom. The summed E-state index contributed by atoms with van der Waals surface area (Å²) in [7, 11) is 0. The van der Waals surface area contributed by atoms with Crippen molar-refractivity contribution in [3.63, 3.8) is 0 Å². The molecule has 2 N–H and O–H groups in total. The predicted octanol–water partition coefficient (Wildman–Crippen LogP) is 3.92. The molecule has 1 aromatic heterocycles. The van der Waals surface area contributed by atoms with Crippen LogP contribution in [0.15, 0.2) is 0 Å². The monoisotopic (exact) mass is 341 g/mol. The summed E-state index contributed by atoms with van der Waals surface area (Å²) in [4.78, 5) is 17.5. The van der Waals surface area contributed by atoms with Crippen LogP contribution in [0.3, 0.4) is 0 Å². The summed E-state index contributed by atoms with van der Waals surface area (Å²) in [6, 6.07) is 0.212. The number of amides is 1. The lowest BCUT2D eigenvalue weighted by atomic mass is 9.98. The van der Waals surface area contributed by atoms with Crippen LogP contribution < -0.4 is 10.6 Å². The summed E-state index contributed by atoms with van der Waals surface area (Å²) in [6.45, 7) is 17.5. The Hall–Kier alpha value is -1.14. The number of aromatic nitrogens is 1. The van der Waals surface area contributed by atoms with Crippen molar-refractivity contribution < 1.29 is 9.53 Å². The molecule has 0 aliphatic rings. The molecule has 23 heavy (non-hydrogen) atoms. The molecular formula is C17H31N3O2S. The van der Waals surface area contributed by atoms with Gasteiger partial charge in [0.15, 0.2) is 0 Å². The summed E-state index contributed by atoms with van der Waals surface area (Å²) in [6.07, 6.45) is -0.379. The van der Waals surface area contributed by atoms with Gasteiger partial charge in [-0.2, -0.15) is 0 Å². The van der Waals surface area contributed by atoms with Crippen molar-refractivity contribution in [2.45, 2.75) is 72.4 Å². The van der Waals surface area contributed by atoms with E-state index in [2.05, 4.69) is 50.2 Å². The van der Waals surface area contributed by atoms with E-state index in [1.165, 1.54) is 4.88 Å². The molecule has 0 bridgehead atoms. The summed E-state index contributed by atoms with van der Waals surface area (Å²) >= 11 is 1.76. The molecule has 1 unspecified atom stereocenters. The number of carbonyl (C=O) groups is 1. The number of carbonyl (C=O) groups excluding carboxylic acids is 1. The van der Waals surface area contributed by atoms with Crippen LogP contribution in [0.2, 0.25) is 0 Å². The minimum Gasteiger partial charge on any atom is -0.444 e. The standard InChI is InChI=1S/C17H31N3O2S/c1-11(13-12(2)20-14(23-13)16(3,4)5)18-9-10-19-15(21)22-17(6,7)8/h11,18H,9-10H2,1-8H3,(H,19,21). The van der Waals surface area contributed by atoms with Crippen LogP contribution in [0.25, 0.3) is 0 Å². The molecule has 1 rings (SSSR count). The molecule has 0 saturated heterocycles. The van der Waals surface area contributed by atoms with Crippen molar-refractivity contribution in [1.29, 1.82) is 0 Å². The van der Waals surface area contributed by atoms with Crippen LogP contribution >= 0.6 is 11.3 Å². The first-order valence-corrected chi connectivity index (χ1v) is 8.90. The van der Waals surface area contributed by atoms with Crippen molar-refractivity contribution in [3.8, 4) is 0 Å². The second-order valence-electron chi connectivity index (χ2n) is 7.82. The third-order valence-corrected chi connectivity index (χ3v) is 4.88. The maximum absolute atomic E-state index is 11.6. The molecule has 5 nitrogen and oxygen atoms in total. The van der Waals surface area contributed by atoms with E-state index < -0.39 is 5.60 Å². The van der Waals surface area contributed by atoms with Crippen molar-refractivity contribution >= 4 is 17.4 Å². The molecule has 132 valence electrons. The Morgan fingerprint density at radius 1 is 1.22 bits per heavy atom. The van der Waals surface area contributed by atoms with Crippen molar-refractivity contribution in [3.05, 3.63) is 15.6 Å². The van der Waals surface area contributed by atoms with Crippen LogP contribution in [-0.4, -0.2) is 29.8 Å². The summed E-state index contributed by atoms with van der Waals surface area (Å²) in [5.74, 6) is 0. The quantitative estimate of drug-likeness (QED) is 0.797. The van der Waals surface area contributed by atoms with E-state index in [1.807, 2.05) is 20.8 Å². The average Bonchev–Trinajstić information content (AvgIpc) is 2.74. The van der Waals surface area contributed by atoms with Gasteiger partial charge in [0.2, 0.25) is 0 Å². The predicted molar refractivity (Wildman–Crippen MR) is 96.2 cm³/mol. The summed E-state index contributed by atoms with van der Waals surface area (Å²) in [5, 5.41) is 7.33. The van der Waals surface area contributed by atoms with Gasteiger partial charge in [-0.15, -0.1) is 11.3 Å². The van der Waals surface area contributed by atoms with E-state index in [4.69, 9.17) is 4.74 Å². The van der Waals surface area contributed by atoms with Crippen LogP contribution in [0.1, 0.15) is 70.1 Å². The molecule has 0 aliphatic carbocycles. The van der Waals surface area contributed by atoms with Gasteiger partial charge in [0.25, 0.3) is 0 Å². The van der Waals surface area contributed by atoms with Gasteiger partial charge >= 0.3 is 6.09 Å². The Balaban J connectivity index is 2.44. The van der Waals surface area contributed by atoms with Crippen LogP contribution in [-0.2, 0) is 10.2 Å². The zero-order valence-electron chi connectivity index (χ0n) is 15.7. The molecule has 0 radical (unpaired) electrons. The highest BCUT2D eigenvalue weighted by molar-refractivity contribution is 7.12. The molecule has 0 spiro atoms. The smallest absolute Gasteiger partial charge is 0.407 e. The third kappa shape index (κ3) is 6.87. The highest BCUT2D eigenvalue weighted by Crippen LogP contribution is 2.32. The number of nitrogens with zero attached hydrogens (tertiary/aromatic N) is 1. The second-order valence-corrected chi connectivity index (χ2v) is 8.85. The fourth-order valence-electron chi connectivity index (χ4n) is 1.99. The normalized spacial score (nSPS) is 13.7. The minimum atomic E-state index is -0.464. The zero-order valence-corrected chi connectivity index (χ0v) is 16.5. The number of aryl methyl sites for hydroxylation is 1. The number of nitrogens with one attached hydrogen (secondary N) is 2. The topological polar surface area (TPSA) is 63.2 Å². The van der Waals surface area contributed by atoms with Gasteiger partial charge in [-0.3, -0.25) is 0 Å².